The summed E-state index contributed by atoms with van der Waals surface area (Å²) < 4.78 is 459. The molecular formula is C84H79BN4. The van der Waals surface area contributed by atoms with Gasteiger partial charge in [0.2, 0.25) is 0 Å². The van der Waals surface area contributed by atoms with Crippen molar-refractivity contribution in [3.05, 3.63) is 246 Å². The Hall–Kier alpha value is -8.54. The van der Waals surface area contributed by atoms with Crippen molar-refractivity contribution in [2.24, 2.45) is 23.7 Å². The molecule has 0 saturated carbocycles. The maximum Gasteiger partial charge on any atom is 0.252 e. The van der Waals surface area contributed by atoms with Crippen LogP contribution in [0.5, 0.6) is 0 Å². The Bertz CT molecular complexity index is 6620. The van der Waals surface area contributed by atoms with Gasteiger partial charge in [-0.1, -0.05) is 174 Å². The van der Waals surface area contributed by atoms with Crippen molar-refractivity contribution in [2.45, 2.75) is 127 Å². The zero-order valence-electron chi connectivity index (χ0n) is 93.8. The molecule has 0 saturated heterocycles. The molecule has 0 bridgehead atoms. The number of hydrogen-bond donors (Lipinski definition) is 0. The van der Waals surface area contributed by atoms with Gasteiger partial charge in [-0.3, -0.25) is 0 Å². The number of hydrogen-bond acceptors (Lipinski definition) is 2. The van der Waals surface area contributed by atoms with Crippen LogP contribution in [0.25, 0.3) is 66.1 Å². The third-order valence-corrected chi connectivity index (χ3v) is 17.8. The number of anilines is 4. The van der Waals surface area contributed by atoms with E-state index in [1.165, 1.54) is 58.3 Å². The predicted molar refractivity (Wildman–Crippen MR) is 378 cm³/mol. The fourth-order valence-corrected chi connectivity index (χ4v) is 14.2. The van der Waals surface area contributed by atoms with E-state index >= 15 is 0 Å². The van der Waals surface area contributed by atoms with Crippen LogP contribution in [-0.4, -0.2) is 27.9 Å². The molecule has 4 heterocycles. The molecule has 0 spiro atoms. The molecule has 10 aromatic rings. The lowest BCUT2D eigenvalue weighted by Crippen LogP contribution is -2.65. The largest absolute Gasteiger partial charge is 0.334 e. The van der Waals surface area contributed by atoms with Crippen LogP contribution in [0.15, 0.2) is 246 Å². The molecule has 0 radical (unpaired) electrons. The van der Waals surface area contributed by atoms with Gasteiger partial charge in [-0.15, -0.1) is 0 Å². The van der Waals surface area contributed by atoms with Crippen molar-refractivity contribution in [1.82, 2.24) is 9.13 Å². The summed E-state index contributed by atoms with van der Waals surface area (Å²) in [6.45, 7) is -1.78. The summed E-state index contributed by atoms with van der Waals surface area (Å²) in [4.78, 5) is 2.43. The van der Waals surface area contributed by atoms with Gasteiger partial charge in [-0.05, 0) is 226 Å². The van der Waals surface area contributed by atoms with E-state index in [-0.39, 0.29) is 27.8 Å². The highest BCUT2D eigenvalue weighted by Gasteiger charge is 2.51. The number of allylic oxidation sites excluding steroid dienone is 8. The minimum atomic E-state index is -2.39. The van der Waals surface area contributed by atoms with E-state index < -0.39 is 433 Å². The number of aromatic nitrogens is 2. The lowest BCUT2D eigenvalue weighted by molar-refractivity contribution is 0.391. The summed E-state index contributed by atoms with van der Waals surface area (Å²) in [6.07, 6.45) is -38.9. The SMILES string of the molecule is [2H]C1=C(C2C([2H])C([2H])C([2H])=C(C3C([2H])C([2H])=C([2H])C([2H])C3[2H])C2N2c3cc(-n4c5c([2H])c([2H])c([2H])c([2H])c5c5c([2H])c([2H])c([2H])c([2H])c54)ccc3B3c4ccc(-n5c6c([2H])c([2H])c([2H])c([2H])c6c6c([2H])c([2H])c([2H])c([2H])c65)cc4N(C4C(C5C([2H])C([2H])=C([2H])C([2H])C5[2H])=C([2H])C([2H])C([2H])C4C4=C([2H])C([2H])C([2H])C([2H])C4[2H])c4cc(-c5c([2H])c([2H])c([2H])c([2H])c5[2H])cc2c43)C([2H])C([2H])C([2H])C1[2H]. The van der Waals surface area contributed by atoms with Crippen molar-refractivity contribution in [2.75, 3.05) is 9.80 Å². The molecule has 0 amide bonds. The quantitative estimate of drug-likeness (QED) is 0.106. The summed E-state index contributed by atoms with van der Waals surface area (Å²) in [5.74, 6) is -8.81. The van der Waals surface area contributed by atoms with Gasteiger partial charge in [-0.25, -0.2) is 0 Å². The molecule has 2 aliphatic heterocycles. The number of benzene rings is 8. The van der Waals surface area contributed by atoms with Crippen LogP contribution >= 0.6 is 0 Å². The molecule has 6 aliphatic carbocycles. The first-order chi connectivity index (χ1) is 63.7. The van der Waals surface area contributed by atoms with Crippen LogP contribution in [0.3, 0.4) is 0 Å². The Labute approximate surface area is 592 Å². The molecule has 24 atom stereocenters. The molecule has 8 aliphatic rings. The maximum absolute atomic E-state index is 10.7. The first-order valence-electron chi connectivity index (χ1n) is 54.0. The average molecular weight is 1200 g/mol. The molecule has 18 rings (SSSR count). The van der Waals surface area contributed by atoms with Crippen molar-refractivity contribution in [3.8, 4) is 22.5 Å². The summed E-state index contributed by atoms with van der Waals surface area (Å²) in [5, 5.41) is -1.95. The molecule has 438 valence electrons. The number of para-hydroxylation sites is 4. The van der Waals surface area contributed by atoms with Gasteiger partial charge in [-0.2, -0.15) is 0 Å². The van der Waals surface area contributed by atoms with Crippen LogP contribution in [0.1, 0.15) is 180 Å². The second kappa shape index (κ2) is 22.2. The average Bonchev–Trinajstić information content (AvgIpc) is 0.977. The van der Waals surface area contributed by atoms with Crippen molar-refractivity contribution < 1.29 is 64.4 Å². The van der Waals surface area contributed by atoms with Gasteiger partial charge < -0.3 is 18.9 Å². The molecule has 5 heteroatoms. The van der Waals surface area contributed by atoms with Crippen LogP contribution in [0, 0.1) is 23.7 Å². The van der Waals surface area contributed by atoms with E-state index in [1.54, 1.807) is 0 Å². The molecule has 8 aromatic carbocycles. The number of rotatable bonds is 9. The minimum absolute atomic E-state index is 0.165. The third kappa shape index (κ3) is 8.75. The highest BCUT2D eigenvalue weighted by atomic mass is 15.2. The molecule has 24 unspecified atom stereocenters. The maximum atomic E-state index is 10.7. The Morgan fingerprint density at radius 3 is 1.29 bits per heavy atom. The monoisotopic (exact) mass is 1200 g/mol. The van der Waals surface area contributed by atoms with Gasteiger partial charge in [0, 0.05) is 92.2 Å². The third-order valence-electron chi connectivity index (χ3n) is 17.8. The summed E-state index contributed by atoms with van der Waals surface area (Å²) in [7, 11) is 0. The standard InChI is InChI=1S/C84H79BN4/c1-6-26-56(27-7-1)61-52-80-82-81(53-61)89(84-66(59-32-12-4-13-33-59)42-25-43-67(84)60-34-14-5-15-35-60)79-55-63(87-76-46-22-18-38-70(76)71-39-19-23-47-77(71)87)49-51-73(79)85(82)72-50-48-62(86-74-44-20-16-36-68(74)69-37-17-21-45-75(69)86)54-78(72)88(80)83-64(57-28-8-2-9-29-57)40-24-41-65(83)58-30-10-3-11-31-58/h1-2,4,6-8,12,16-23,26-27,30,34,36-40,42,44-55,57,59,65,67,83-84H,3,5,9-11,13-15,24-25,28-29,31-33,35,41,43H2/i1D,2D,3D,4D,5D,6D,7D,8D,9D,10D,11D,12D,13D,14D,15D,16D,17D,18D,19D,20D,21D,22D,23D,24D,25D,26D,27D,28D,29D,30D,31D,32D,33D,34D,35D,36D,37D,38D,39D,40D,41D,42D,43D,44D,45D,46D,47D. The fourth-order valence-electron chi connectivity index (χ4n) is 14.2. The minimum Gasteiger partial charge on any atom is -0.334 e. The molecule has 2 aromatic heterocycles. The van der Waals surface area contributed by atoms with E-state index in [0.717, 1.165) is 9.13 Å². The van der Waals surface area contributed by atoms with E-state index in [4.69, 9.17) is 9.60 Å². The van der Waals surface area contributed by atoms with Gasteiger partial charge in [0.05, 0.1) is 73.9 Å². The van der Waals surface area contributed by atoms with Gasteiger partial charge in [0.1, 0.15) is 0 Å². The second-order valence-corrected chi connectivity index (χ2v) is 22.3. The molecule has 4 nitrogen and oxygen atoms in total. The van der Waals surface area contributed by atoms with E-state index in [2.05, 4.69) is 0 Å². The van der Waals surface area contributed by atoms with Gasteiger partial charge in [0.25, 0.3) is 6.71 Å². The highest BCUT2D eigenvalue weighted by molar-refractivity contribution is 7.00. The van der Waals surface area contributed by atoms with Gasteiger partial charge in [0.15, 0.2) is 0 Å². The van der Waals surface area contributed by atoms with E-state index in [0.29, 0.717) is 0 Å². The van der Waals surface area contributed by atoms with Crippen molar-refractivity contribution in [3.63, 3.8) is 0 Å². The Kier molecular flexibility index (Phi) is 6.07. The zero-order chi connectivity index (χ0) is 99.4. The summed E-state index contributed by atoms with van der Waals surface area (Å²) >= 11 is 0. The van der Waals surface area contributed by atoms with Crippen molar-refractivity contribution in [1.29, 1.82) is 0 Å². The number of nitrogens with zero attached hydrogens (tertiary/aromatic N) is 4. The second-order valence-electron chi connectivity index (χ2n) is 22.3. The molecule has 0 N–H and O–H groups in total. The van der Waals surface area contributed by atoms with E-state index in [1.807, 2.05) is 0 Å². The van der Waals surface area contributed by atoms with E-state index in [9.17, 15) is 54.8 Å². The van der Waals surface area contributed by atoms with Gasteiger partial charge >= 0.3 is 0 Å². The number of fused-ring (bicyclic) bond motifs is 10. The molecule has 0 fully saturated rings. The lowest BCUT2D eigenvalue weighted by Gasteiger charge is -2.53. The Morgan fingerprint density at radius 2 is 0.831 bits per heavy atom. The fraction of sp³-hybridized carbons (Fsp3) is 0.286. The highest BCUT2D eigenvalue weighted by Crippen LogP contribution is 2.53. The smallest absolute Gasteiger partial charge is 0.252 e. The summed E-state index contributed by atoms with van der Waals surface area (Å²) in [5.41, 5.74) is -9.38. The summed E-state index contributed by atoms with van der Waals surface area (Å²) in [6, 6.07) is -21.2. The topological polar surface area (TPSA) is 16.3 Å². The normalized spacial score (nSPS) is 46.5. The van der Waals surface area contributed by atoms with Crippen LogP contribution < -0.4 is 26.2 Å². The first kappa shape index (κ1) is 24.3. The Balaban J connectivity index is 1.12. The van der Waals surface area contributed by atoms with Crippen molar-refractivity contribution >= 4 is 89.5 Å². The lowest BCUT2D eigenvalue weighted by atomic mass is 9.33. The zero-order valence-corrected chi connectivity index (χ0v) is 46.8. The molecular weight excluding hydrogens is 1080 g/mol. The van der Waals surface area contributed by atoms with Crippen LogP contribution in [0.2, 0.25) is 0 Å². The first-order valence-corrected chi connectivity index (χ1v) is 29.1. The van der Waals surface area contributed by atoms with Crippen LogP contribution in [0.4, 0.5) is 22.7 Å². The van der Waals surface area contributed by atoms with Crippen LogP contribution in [-0.2, 0) is 0 Å². The Morgan fingerprint density at radius 1 is 0.393 bits per heavy atom. The molecule has 89 heavy (non-hydrogen) atoms. The predicted octanol–water partition coefficient (Wildman–Crippen LogP) is 20.1.